The summed E-state index contributed by atoms with van der Waals surface area (Å²) >= 11 is 1.25. The Bertz CT molecular complexity index is 1420. The minimum atomic E-state index is -0.560. The standard InChI is InChI=1S/C25H20FN3O4S/c26-15-5-2-1-4-14(15)11-34-25-28-23-22(24(31)29-25)20(21-16(27-23)6-3-7-17(21)30)13-8-9-18-19(10-13)33-12-32-18/h1-2,4-5,8-10,20H,3,6-7,11-12H2,(H2,27,28,29,31). The Morgan fingerprint density at radius 1 is 1.09 bits per heavy atom. The molecular weight excluding hydrogens is 457 g/mol. The summed E-state index contributed by atoms with van der Waals surface area (Å²) in [5, 5.41) is 3.64. The van der Waals surface area contributed by atoms with Gasteiger partial charge in [-0.15, -0.1) is 0 Å². The van der Waals surface area contributed by atoms with Crippen molar-refractivity contribution in [3.05, 3.63) is 86.6 Å². The van der Waals surface area contributed by atoms with Gasteiger partial charge < -0.3 is 19.8 Å². The highest BCUT2D eigenvalue weighted by Gasteiger charge is 2.38. The number of ether oxygens (including phenoxy) is 2. The van der Waals surface area contributed by atoms with E-state index in [4.69, 9.17) is 9.47 Å². The van der Waals surface area contributed by atoms with E-state index in [9.17, 15) is 14.0 Å². The fraction of sp³-hybridized carbons (Fsp3) is 0.240. The van der Waals surface area contributed by atoms with Crippen molar-refractivity contribution in [3.63, 3.8) is 0 Å². The van der Waals surface area contributed by atoms with Gasteiger partial charge in [-0.2, -0.15) is 0 Å². The minimum Gasteiger partial charge on any atom is -0.454 e. The largest absolute Gasteiger partial charge is 0.454 e. The van der Waals surface area contributed by atoms with Crippen molar-refractivity contribution in [1.29, 1.82) is 0 Å². The van der Waals surface area contributed by atoms with Crippen LogP contribution in [0.25, 0.3) is 0 Å². The van der Waals surface area contributed by atoms with E-state index < -0.39 is 5.92 Å². The monoisotopic (exact) mass is 477 g/mol. The van der Waals surface area contributed by atoms with Crippen LogP contribution in [0.3, 0.4) is 0 Å². The summed E-state index contributed by atoms with van der Waals surface area (Å²) in [5.74, 6) is 1.14. The molecule has 2 aliphatic heterocycles. The van der Waals surface area contributed by atoms with E-state index in [0.29, 0.717) is 57.8 Å². The van der Waals surface area contributed by atoms with Crippen molar-refractivity contribution < 1.29 is 18.7 Å². The number of nitrogens with one attached hydrogen (secondary N) is 2. The van der Waals surface area contributed by atoms with Gasteiger partial charge in [0.2, 0.25) is 6.79 Å². The van der Waals surface area contributed by atoms with Crippen LogP contribution < -0.4 is 20.3 Å². The Kier molecular flexibility index (Phi) is 5.13. The molecule has 1 unspecified atom stereocenters. The Morgan fingerprint density at radius 2 is 1.94 bits per heavy atom. The number of aromatic amines is 1. The number of ketones is 1. The Balaban J connectivity index is 1.42. The number of fused-ring (bicyclic) bond motifs is 2. The third-order valence-electron chi connectivity index (χ3n) is 6.29. The molecule has 6 rings (SSSR count). The predicted molar refractivity (Wildman–Crippen MR) is 125 cm³/mol. The molecule has 0 saturated heterocycles. The second kappa shape index (κ2) is 8.32. The molecule has 0 spiro atoms. The average Bonchev–Trinajstić information content (AvgIpc) is 3.30. The maximum Gasteiger partial charge on any atom is 0.257 e. The summed E-state index contributed by atoms with van der Waals surface area (Å²) in [6.07, 6.45) is 1.89. The molecule has 0 bridgehead atoms. The maximum absolute atomic E-state index is 14.0. The molecular formula is C25H20FN3O4S. The molecule has 9 heteroatoms. The zero-order chi connectivity index (χ0) is 23.2. The lowest BCUT2D eigenvalue weighted by molar-refractivity contribution is -0.116. The number of hydrogen-bond donors (Lipinski definition) is 2. The normalized spacial score (nSPS) is 18.4. The van der Waals surface area contributed by atoms with Crippen LogP contribution >= 0.6 is 11.8 Å². The second-order valence-corrected chi connectivity index (χ2v) is 9.32. The van der Waals surface area contributed by atoms with Crippen molar-refractivity contribution in [2.75, 3.05) is 12.1 Å². The van der Waals surface area contributed by atoms with Crippen molar-refractivity contribution in [2.45, 2.75) is 36.1 Å². The number of H-pyrrole nitrogens is 1. The first-order valence-corrected chi connectivity index (χ1v) is 12.0. The number of aromatic nitrogens is 2. The van der Waals surface area contributed by atoms with Crippen molar-refractivity contribution in [2.24, 2.45) is 0 Å². The van der Waals surface area contributed by atoms with Gasteiger partial charge in [0, 0.05) is 29.4 Å². The number of rotatable bonds is 4. The van der Waals surface area contributed by atoms with Crippen molar-refractivity contribution in [1.82, 2.24) is 9.97 Å². The molecule has 1 aliphatic carbocycles. The number of anilines is 1. The van der Waals surface area contributed by atoms with Crippen LogP contribution in [-0.2, 0) is 10.5 Å². The highest BCUT2D eigenvalue weighted by atomic mass is 32.2. The van der Waals surface area contributed by atoms with Gasteiger partial charge in [0.25, 0.3) is 5.56 Å². The fourth-order valence-electron chi connectivity index (χ4n) is 4.70. The van der Waals surface area contributed by atoms with Crippen LogP contribution in [0.4, 0.5) is 10.2 Å². The number of allylic oxidation sites excluding steroid dienone is 2. The summed E-state index contributed by atoms with van der Waals surface area (Å²) in [5.41, 5.74) is 2.77. The quantitative estimate of drug-likeness (QED) is 0.422. The van der Waals surface area contributed by atoms with Crippen molar-refractivity contribution in [3.8, 4) is 11.5 Å². The Labute approximate surface area is 198 Å². The molecule has 0 fully saturated rings. The van der Waals surface area contributed by atoms with Crippen LogP contribution in [0, 0.1) is 5.82 Å². The first-order valence-electron chi connectivity index (χ1n) is 11.0. The predicted octanol–water partition coefficient (Wildman–Crippen LogP) is 4.49. The lowest BCUT2D eigenvalue weighted by Crippen LogP contribution is -2.32. The summed E-state index contributed by atoms with van der Waals surface area (Å²) in [6.45, 7) is 0.138. The summed E-state index contributed by atoms with van der Waals surface area (Å²) < 4.78 is 25.0. The molecule has 7 nitrogen and oxygen atoms in total. The molecule has 172 valence electrons. The third kappa shape index (κ3) is 3.56. The SMILES string of the molecule is O=C1CCCC2=C1C(c1ccc3c(c1)OCO3)c1c(nc(SCc3ccccc3F)[nH]c1=O)N2. The van der Waals surface area contributed by atoms with Crippen molar-refractivity contribution >= 4 is 23.4 Å². The van der Waals surface area contributed by atoms with E-state index in [1.807, 2.05) is 12.1 Å². The number of carbonyl (C=O) groups is 1. The first-order chi connectivity index (χ1) is 16.6. The minimum absolute atomic E-state index is 0.0273. The lowest BCUT2D eigenvalue weighted by Gasteiger charge is -2.32. The topological polar surface area (TPSA) is 93.3 Å². The second-order valence-electron chi connectivity index (χ2n) is 8.35. The van der Waals surface area contributed by atoms with Gasteiger partial charge in [0.05, 0.1) is 5.56 Å². The molecule has 3 aromatic rings. The summed E-state index contributed by atoms with van der Waals surface area (Å²) in [6, 6.07) is 12.0. The maximum atomic E-state index is 14.0. The molecule has 3 aliphatic rings. The number of carbonyl (C=O) groups excluding carboxylic acids is 1. The van der Waals surface area contributed by atoms with Gasteiger partial charge in [-0.3, -0.25) is 9.59 Å². The van der Waals surface area contributed by atoms with E-state index >= 15 is 0 Å². The van der Waals surface area contributed by atoms with E-state index in [2.05, 4.69) is 15.3 Å². The third-order valence-corrected chi connectivity index (χ3v) is 7.21. The highest BCUT2D eigenvalue weighted by Crippen LogP contribution is 2.45. The molecule has 0 saturated carbocycles. The number of Topliss-reactive ketones (excluding diaryl/α,β-unsaturated/α-hetero) is 1. The zero-order valence-corrected chi connectivity index (χ0v) is 18.8. The number of hydrogen-bond acceptors (Lipinski definition) is 7. The van der Waals surface area contributed by atoms with Crippen LogP contribution in [0.2, 0.25) is 0 Å². The van der Waals surface area contributed by atoms with Gasteiger partial charge >= 0.3 is 0 Å². The molecule has 34 heavy (non-hydrogen) atoms. The number of nitrogens with zero attached hydrogens (tertiary/aromatic N) is 1. The fourth-order valence-corrected chi connectivity index (χ4v) is 5.54. The summed E-state index contributed by atoms with van der Waals surface area (Å²) in [7, 11) is 0. The first kappa shape index (κ1) is 21.0. The summed E-state index contributed by atoms with van der Waals surface area (Å²) in [4.78, 5) is 33.8. The highest BCUT2D eigenvalue weighted by molar-refractivity contribution is 7.98. The molecule has 0 amide bonds. The van der Waals surface area contributed by atoms with Crippen LogP contribution in [0.15, 0.2) is 63.7 Å². The van der Waals surface area contributed by atoms with E-state index in [0.717, 1.165) is 17.7 Å². The Morgan fingerprint density at radius 3 is 2.82 bits per heavy atom. The van der Waals surface area contributed by atoms with Gasteiger partial charge in [-0.25, -0.2) is 9.37 Å². The van der Waals surface area contributed by atoms with E-state index in [-0.39, 0.29) is 24.0 Å². The van der Waals surface area contributed by atoms with Crippen LogP contribution in [-0.4, -0.2) is 22.5 Å². The molecule has 2 N–H and O–H groups in total. The van der Waals surface area contributed by atoms with Crippen LogP contribution in [0.1, 0.15) is 41.9 Å². The number of halogens is 1. The molecule has 3 heterocycles. The smallest absolute Gasteiger partial charge is 0.257 e. The molecule has 0 radical (unpaired) electrons. The van der Waals surface area contributed by atoms with Gasteiger partial charge in [0.1, 0.15) is 11.6 Å². The zero-order valence-electron chi connectivity index (χ0n) is 18.0. The number of benzene rings is 2. The molecule has 1 aromatic heterocycles. The molecule has 1 atom stereocenters. The van der Waals surface area contributed by atoms with E-state index in [1.54, 1.807) is 24.3 Å². The van der Waals surface area contributed by atoms with Crippen LogP contribution in [0.5, 0.6) is 11.5 Å². The average molecular weight is 478 g/mol. The van der Waals surface area contributed by atoms with Gasteiger partial charge in [-0.1, -0.05) is 36.0 Å². The Hall–Kier alpha value is -3.59. The van der Waals surface area contributed by atoms with Gasteiger partial charge in [-0.05, 0) is 42.2 Å². The molecule has 2 aromatic carbocycles. The van der Waals surface area contributed by atoms with E-state index in [1.165, 1.54) is 17.8 Å². The van der Waals surface area contributed by atoms with Gasteiger partial charge in [0.15, 0.2) is 22.4 Å². The lowest BCUT2D eigenvalue weighted by atomic mass is 9.76. The number of thioether (sulfide) groups is 1.